The Labute approximate surface area is 155 Å². The molecule has 5 heteroatoms. The number of phenolic OH excluding ortho intramolecular Hbond substituents is 1. The van der Waals surface area contributed by atoms with Crippen LogP contribution in [-0.4, -0.2) is 10.0 Å². The van der Waals surface area contributed by atoms with E-state index in [1.807, 2.05) is 18.2 Å². The lowest BCUT2D eigenvalue weighted by Gasteiger charge is -2.28. The highest BCUT2D eigenvalue weighted by atomic mass is 16.6. The second-order valence-electron chi connectivity index (χ2n) is 8.70. The van der Waals surface area contributed by atoms with E-state index in [9.17, 15) is 15.2 Å². The van der Waals surface area contributed by atoms with Gasteiger partial charge in [0.15, 0.2) is 0 Å². The first-order valence-electron chi connectivity index (χ1n) is 8.75. The summed E-state index contributed by atoms with van der Waals surface area (Å²) >= 11 is 0. The minimum absolute atomic E-state index is 0.0840. The molecular weight excluding hydrogens is 328 g/mol. The normalized spacial score (nSPS) is 12.1. The van der Waals surface area contributed by atoms with Crippen molar-refractivity contribution < 1.29 is 10.0 Å². The number of hydrogen-bond donors (Lipinski definition) is 2. The van der Waals surface area contributed by atoms with E-state index in [0.717, 1.165) is 22.4 Å². The molecule has 0 saturated carbocycles. The molecule has 0 aliphatic rings. The van der Waals surface area contributed by atoms with Crippen molar-refractivity contribution in [2.24, 2.45) is 0 Å². The number of nitrogens with one attached hydrogen (secondary N) is 1. The van der Waals surface area contributed by atoms with Crippen molar-refractivity contribution in [3.63, 3.8) is 0 Å². The molecule has 26 heavy (non-hydrogen) atoms. The second-order valence-corrected chi connectivity index (χ2v) is 8.70. The standard InChI is InChI=1S/C21H28N2O3/c1-20(2,3)17-11-15(12-18(19(17)24)21(4,5)6)22-13-14-8-7-9-16(10-14)23(25)26/h7-12,22,24H,13H2,1-6H3. The van der Waals surface area contributed by atoms with Gasteiger partial charge in [-0.15, -0.1) is 0 Å². The fourth-order valence-electron chi connectivity index (χ4n) is 2.86. The largest absolute Gasteiger partial charge is 0.507 e. The third-order valence-corrected chi connectivity index (χ3v) is 4.34. The summed E-state index contributed by atoms with van der Waals surface area (Å²) in [6.07, 6.45) is 0. The van der Waals surface area contributed by atoms with Crippen LogP contribution in [0.1, 0.15) is 58.2 Å². The Morgan fingerprint density at radius 2 is 1.54 bits per heavy atom. The molecule has 2 N–H and O–H groups in total. The maximum absolute atomic E-state index is 10.9. The van der Waals surface area contributed by atoms with Gasteiger partial charge in [0.05, 0.1) is 4.92 Å². The number of aromatic hydroxyl groups is 1. The zero-order valence-corrected chi connectivity index (χ0v) is 16.4. The van der Waals surface area contributed by atoms with E-state index in [-0.39, 0.29) is 21.4 Å². The predicted molar refractivity (Wildman–Crippen MR) is 106 cm³/mol. The number of anilines is 1. The van der Waals surface area contributed by atoms with Crippen molar-refractivity contribution in [3.05, 3.63) is 63.2 Å². The molecule has 140 valence electrons. The molecule has 0 atom stereocenters. The van der Waals surface area contributed by atoms with E-state index in [1.165, 1.54) is 6.07 Å². The molecule has 2 aromatic rings. The summed E-state index contributed by atoms with van der Waals surface area (Å²) in [7, 11) is 0. The molecule has 0 spiro atoms. The van der Waals surface area contributed by atoms with Gasteiger partial charge >= 0.3 is 0 Å². The molecule has 0 bridgehead atoms. The van der Waals surface area contributed by atoms with Gasteiger partial charge in [0.1, 0.15) is 5.75 Å². The highest BCUT2D eigenvalue weighted by Crippen LogP contribution is 2.41. The van der Waals surface area contributed by atoms with E-state index in [4.69, 9.17) is 0 Å². The molecule has 0 aliphatic carbocycles. The smallest absolute Gasteiger partial charge is 0.269 e. The van der Waals surface area contributed by atoms with Gasteiger partial charge in [-0.1, -0.05) is 53.7 Å². The molecule has 0 heterocycles. The van der Waals surface area contributed by atoms with Crippen LogP contribution in [0.2, 0.25) is 0 Å². The van der Waals surface area contributed by atoms with Gasteiger partial charge in [0.25, 0.3) is 5.69 Å². The van der Waals surface area contributed by atoms with Crippen LogP contribution in [-0.2, 0) is 17.4 Å². The molecule has 0 unspecified atom stereocenters. The van der Waals surface area contributed by atoms with Gasteiger partial charge in [-0.05, 0) is 28.5 Å². The Morgan fingerprint density at radius 3 is 2.00 bits per heavy atom. The molecule has 0 fully saturated rings. The molecule has 0 radical (unpaired) electrons. The molecular formula is C21H28N2O3. The number of rotatable bonds is 4. The number of phenols is 1. The van der Waals surface area contributed by atoms with Gasteiger partial charge in [-0.25, -0.2) is 0 Å². The van der Waals surface area contributed by atoms with Crippen LogP contribution in [0.3, 0.4) is 0 Å². The van der Waals surface area contributed by atoms with Gasteiger partial charge in [-0.3, -0.25) is 10.1 Å². The average molecular weight is 356 g/mol. The van der Waals surface area contributed by atoms with Crippen molar-refractivity contribution >= 4 is 11.4 Å². The van der Waals surface area contributed by atoms with Crippen LogP contribution in [0.4, 0.5) is 11.4 Å². The van der Waals surface area contributed by atoms with E-state index in [0.29, 0.717) is 12.3 Å². The molecule has 0 aliphatic heterocycles. The van der Waals surface area contributed by atoms with Crippen LogP contribution in [0.25, 0.3) is 0 Å². The number of nitro groups is 1. The Kier molecular flexibility index (Phi) is 5.31. The Hall–Kier alpha value is -2.56. The number of nitro benzene ring substituents is 1. The first-order valence-corrected chi connectivity index (χ1v) is 8.75. The average Bonchev–Trinajstić information content (AvgIpc) is 2.51. The summed E-state index contributed by atoms with van der Waals surface area (Å²) in [5.41, 5.74) is 3.17. The SMILES string of the molecule is CC(C)(C)c1cc(NCc2cccc([N+](=O)[O-])c2)cc(C(C)(C)C)c1O. The lowest BCUT2D eigenvalue weighted by atomic mass is 9.79. The third kappa shape index (κ3) is 4.54. The van der Waals surface area contributed by atoms with Crippen molar-refractivity contribution in [3.8, 4) is 5.75 Å². The number of nitrogens with zero attached hydrogens (tertiary/aromatic N) is 1. The van der Waals surface area contributed by atoms with Gasteiger partial charge in [-0.2, -0.15) is 0 Å². The van der Waals surface area contributed by atoms with E-state index in [1.54, 1.807) is 12.1 Å². The van der Waals surface area contributed by atoms with Crippen molar-refractivity contribution in [2.75, 3.05) is 5.32 Å². The van der Waals surface area contributed by atoms with Gasteiger partial charge in [0.2, 0.25) is 0 Å². The third-order valence-electron chi connectivity index (χ3n) is 4.34. The Bertz CT molecular complexity index is 780. The predicted octanol–water partition coefficient (Wildman–Crippen LogP) is 5.51. The van der Waals surface area contributed by atoms with Crippen LogP contribution in [0.15, 0.2) is 36.4 Å². The van der Waals surface area contributed by atoms with Crippen LogP contribution in [0, 0.1) is 10.1 Å². The first-order chi connectivity index (χ1) is 11.9. The van der Waals surface area contributed by atoms with Gasteiger partial charge in [0, 0.05) is 35.5 Å². The minimum Gasteiger partial charge on any atom is -0.507 e. The fraction of sp³-hybridized carbons (Fsp3) is 0.429. The second kappa shape index (κ2) is 6.98. The topological polar surface area (TPSA) is 75.4 Å². The molecule has 0 amide bonds. The zero-order chi connectivity index (χ0) is 19.7. The molecule has 0 saturated heterocycles. The number of non-ortho nitro benzene ring substituents is 1. The summed E-state index contributed by atoms with van der Waals surface area (Å²) in [6.45, 7) is 12.9. The van der Waals surface area contributed by atoms with E-state index < -0.39 is 0 Å². The molecule has 2 aromatic carbocycles. The minimum atomic E-state index is -0.389. The summed E-state index contributed by atoms with van der Waals surface area (Å²) in [6, 6.07) is 10.5. The van der Waals surface area contributed by atoms with Crippen molar-refractivity contribution in [1.29, 1.82) is 0 Å². The van der Waals surface area contributed by atoms with Crippen molar-refractivity contribution in [1.82, 2.24) is 0 Å². The summed E-state index contributed by atoms with van der Waals surface area (Å²) in [5.74, 6) is 0.339. The zero-order valence-electron chi connectivity index (χ0n) is 16.4. The summed E-state index contributed by atoms with van der Waals surface area (Å²) in [4.78, 5) is 10.5. The summed E-state index contributed by atoms with van der Waals surface area (Å²) in [5, 5.41) is 25.0. The lowest BCUT2D eigenvalue weighted by Crippen LogP contribution is -2.18. The lowest BCUT2D eigenvalue weighted by molar-refractivity contribution is -0.384. The van der Waals surface area contributed by atoms with Crippen LogP contribution in [0.5, 0.6) is 5.75 Å². The Balaban J connectivity index is 2.38. The maximum atomic E-state index is 10.9. The molecule has 5 nitrogen and oxygen atoms in total. The van der Waals surface area contributed by atoms with Crippen LogP contribution >= 0.6 is 0 Å². The molecule has 2 rings (SSSR count). The van der Waals surface area contributed by atoms with Crippen molar-refractivity contribution in [2.45, 2.75) is 58.9 Å². The van der Waals surface area contributed by atoms with E-state index in [2.05, 4.69) is 46.9 Å². The quantitative estimate of drug-likeness (QED) is 0.430. The van der Waals surface area contributed by atoms with E-state index >= 15 is 0 Å². The fourth-order valence-corrected chi connectivity index (χ4v) is 2.86. The monoisotopic (exact) mass is 356 g/mol. The highest BCUT2D eigenvalue weighted by Gasteiger charge is 2.26. The molecule has 0 aromatic heterocycles. The maximum Gasteiger partial charge on any atom is 0.269 e. The van der Waals surface area contributed by atoms with Crippen LogP contribution < -0.4 is 5.32 Å². The Morgan fingerprint density at radius 1 is 1.00 bits per heavy atom. The number of benzene rings is 2. The number of hydrogen-bond acceptors (Lipinski definition) is 4. The summed E-state index contributed by atoms with van der Waals surface area (Å²) < 4.78 is 0. The first kappa shape index (κ1) is 19.8. The highest BCUT2D eigenvalue weighted by molar-refractivity contribution is 5.59. The van der Waals surface area contributed by atoms with Gasteiger partial charge < -0.3 is 10.4 Å².